The molecule has 1 atom stereocenters. The first-order valence-corrected chi connectivity index (χ1v) is 8.60. The van der Waals surface area contributed by atoms with E-state index in [1.54, 1.807) is 25.1 Å². The van der Waals surface area contributed by atoms with Gasteiger partial charge in [0, 0.05) is 10.7 Å². The maximum Gasteiger partial charge on any atom is 0.327 e. The largest absolute Gasteiger partial charge is 0.487 e. The molecule has 0 aliphatic heterocycles. The third kappa shape index (κ3) is 4.80. The maximum absolute atomic E-state index is 11.7. The number of nitrogens with one attached hydrogen (secondary N) is 1. The summed E-state index contributed by atoms with van der Waals surface area (Å²) in [5.74, 6) is 0.261. The van der Waals surface area contributed by atoms with Gasteiger partial charge >= 0.3 is 5.97 Å². The summed E-state index contributed by atoms with van der Waals surface area (Å²) in [4.78, 5) is 11.7. The molecule has 0 fully saturated rings. The molecule has 0 saturated carbocycles. The van der Waals surface area contributed by atoms with E-state index in [4.69, 9.17) is 32.7 Å². The van der Waals surface area contributed by atoms with Gasteiger partial charge in [-0.3, -0.25) is 0 Å². The number of hydrogen-bond donors (Lipinski definition) is 1. The highest BCUT2D eigenvalue weighted by Gasteiger charge is 2.16. The number of carbonyl (C=O) groups excluding carboxylic acids is 1. The summed E-state index contributed by atoms with van der Waals surface area (Å²) in [5, 5.41) is 4.24. The molecule has 0 saturated heterocycles. The number of anilines is 1. The standard InChI is InChI=1S/C19H21Cl2NO3/c1-11-5-6-14(10-25-17-8-7-15(20)9-16(17)21)12(2)18(11)22-13(3)19(23)24-4/h5-9,13,22H,10H2,1-4H3. The number of esters is 1. The van der Waals surface area contributed by atoms with Crippen LogP contribution in [0.25, 0.3) is 0 Å². The fraction of sp³-hybridized carbons (Fsp3) is 0.316. The molecule has 25 heavy (non-hydrogen) atoms. The van der Waals surface area contributed by atoms with Crippen molar-refractivity contribution in [3.8, 4) is 5.75 Å². The fourth-order valence-electron chi connectivity index (χ4n) is 2.47. The van der Waals surface area contributed by atoms with Crippen LogP contribution < -0.4 is 10.1 Å². The summed E-state index contributed by atoms with van der Waals surface area (Å²) in [6.07, 6.45) is 0. The predicted molar refractivity (Wildman–Crippen MR) is 102 cm³/mol. The number of benzene rings is 2. The highest BCUT2D eigenvalue weighted by atomic mass is 35.5. The van der Waals surface area contributed by atoms with Crippen LogP contribution in [0, 0.1) is 13.8 Å². The summed E-state index contributed by atoms with van der Waals surface area (Å²) in [5.41, 5.74) is 3.96. The van der Waals surface area contributed by atoms with Gasteiger partial charge in [-0.2, -0.15) is 0 Å². The second-order valence-electron chi connectivity index (χ2n) is 5.79. The van der Waals surface area contributed by atoms with Gasteiger partial charge in [0.15, 0.2) is 0 Å². The van der Waals surface area contributed by atoms with Gasteiger partial charge in [-0.05, 0) is 55.7 Å². The fourth-order valence-corrected chi connectivity index (χ4v) is 2.93. The Morgan fingerprint density at radius 1 is 1.20 bits per heavy atom. The Morgan fingerprint density at radius 3 is 2.56 bits per heavy atom. The smallest absolute Gasteiger partial charge is 0.327 e. The van der Waals surface area contributed by atoms with E-state index in [0.717, 1.165) is 22.4 Å². The van der Waals surface area contributed by atoms with Gasteiger partial charge in [0.1, 0.15) is 18.4 Å². The third-order valence-electron chi connectivity index (χ3n) is 3.98. The van der Waals surface area contributed by atoms with Crippen LogP contribution in [0.15, 0.2) is 30.3 Å². The third-order valence-corrected chi connectivity index (χ3v) is 4.51. The van der Waals surface area contributed by atoms with Crippen LogP contribution in [0.4, 0.5) is 5.69 Å². The van der Waals surface area contributed by atoms with Gasteiger partial charge in [0.25, 0.3) is 0 Å². The first-order chi connectivity index (χ1) is 11.8. The van der Waals surface area contributed by atoms with Crippen molar-refractivity contribution >= 4 is 34.9 Å². The van der Waals surface area contributed by atoms with Gasteiger partial charge < -0.3 is 14.8 Å². The molecule has 2 aromatic carbocycles. The number of aryl methyl sites for hydroxylation is 1. The van der Waals surface area contributed by atoms with E-state index in [9.17, 15) is 4.79 Å². The van der Waals surface area contributed by atoms with Crippen molar-refractivity contribution in [1.29, 1.82) is 0 Å². The molecule has 0 aromatic heterocycles. The Balaban J connectivity index is 2.19. The first kappa shape index (κ1) is 19.4. The second kappa shape index (κ2) is 8.45. The SMILES string of the molecule is COC(=O)C(C)Nc1c(C)ccc(COc2ccc(Cl)cc2Cl)c1C. The number of halogens is 2. The van der Waals surface area contributed by atoms with E-state index in [0.29, 0.717) is 22.4 Å². The molecule has 0 bridgehead atoms. The van der Waals surface area contributed by atoms with Crippen LogP contribution >= 0.6 is 23.2 Å². The second-order valence-corrected chi connectivity index (χ2v) is 6.64. The van der Waals surface area contributed by atoms with Crippen molar-refractivity contribution < 1.29 is 14.3 Å². The summed E-state index contributed by atoms with van der Waals surface area (Å²) < 4.78 is 10.6. The summed E-state index contributed by atoms with van der Waals surface area (Å²) in [6, 6.07) is 8.67. The van der Waals surface area contributed by atoms with Crippen LogP contribution in [-0.4, -0.2) is 19.1 Å². The van der Waals surface area contributed by atoms with E-state index in [1.165, 1.54) is 7.11 Å². The van der Waals surface area contributed by atoms with E-state index in [1.807, 2.05) is 26.0 Å². The topological polar surface area (TPSA) is 47.6 Å². The molecule has 0 aliphatic carbocycles. The quantitative estimate of drug-likeness (QED) is 0.701. The maximum atomic E-state index is 11.7. The van der Waals surface area contributed by atoms with E-state index in [-0.39, 0.29) is 5.97 Å². The molecule has 6 heteroatoms. The highest BCUT2D eigenvalue weighted by molar-refractivity contribution is 6.35. The summed E-state index contributed by atoms with van der Waals surface area (Å²) in [6.45, 7) is 6.09. The Morgan fingerprint density at radius 2 is 1.92 bits per heavy atom. The van der Waals surface area contributed by atoms with E-state index >= 15 is 0 Å². The predicted octanol–water partition coefficient (Wildman–Crippen LogP) is 5.16. The lowest BCUT2D eigenvalue weighted by atomic mass is 10.0. The van der Waals surface area contributed by atoms with Gasteiger partial charge in [-0.25, -0.2) is 4.79 Å². The molecule has 0 radical (unpaired) electrons. The lowest BCUT2D eigenvalue weighted by Gasteiger charge is -2.20. The average molecular weight is 382 g/mol. The molecule has 0 heterocycles. The summed E-state index contributed by atoms with van der Waals surface area (Å²) in [7, 11) is 1.38. The van der Waals surface area contributed by atoms with Crippen molar-refractivity contribution in [1.82, 2.24) is 0 Å². The molecule has 1 unspecified atom stereocenters. The zero-order chi connectivity index (χ0) is 18.6. The molecular weight excluding hydrogens is 361 g/mol. The molecule has 0 spiro atoms. The first-order valence-electron chi connectivity index (χ1n) is 7.84. The Bertz CT molecular complexity index is 778. The van der Waals surface area contributed by atoms with Crippen molar-refractivity contribution in [2.45, 2.75) is 33.4 Å². The average Bonchev–Trinajstić information content (AvgIpc) is 2.58. The minimum atomic E-state index is -0.440. The molecule has 4 nitrogen and oxygen atoms in total. The lowest BCUT2D eigenvalue weighted by molar-refractivity contribution is -0.141. The zero-order valence-electron chi connectivity index (χ0n) is 14.7. The molecule has 0 amide bonds. The molecule has 0 aliphatic rings. The van der Waals surface area contributed by atoms with Crippen molar-refractivity contribution in [3.05, 3.63) is 57.1 Å². The van der Waals surface area contributed by atoms with Crippen molar-refractivity contribution in [3.63, 3.8) is 0 Å². The van der Waals surface area contributed by atoms with Crippen LogP contribution in [-0.2, 0) is 16.1 Å². The summed E-state index contributed by atoms with van der Waals surface area (Å²) >= 11 is 12.0. The number of rotatable bonds is 6. The number of methoxy groups -OCH3 is 1. The monoisotopic (exact) mass is 381 g/mol. The van der Waals surface area contributed by atoms with Crippen molar-refractivity contribution in [2.24, 2.45) is 0 Å². The normalized spacial score (nSPS) is 11.8. The highest BCUT2D eigenvalue weighted by Crippen LogP contribution is 2.30. The lowest BCUT2D eigenvalue weighted by Crippen LogP contribution is -2.28. The van der Waals surface area contributed by atoms with Crippen LogP contribution in [0.1, 0.15) is 23.6 Å². The Kier molecular flexibility index (Phi) is 6.57. The van der Waals surface area contributed by atoms with Crippen LogP contribution in [0.3, 0.4) is 0 Å². The minimum absolute atomic E-state index is 0.312. The van der Waals surface area contributed by atoms with E-state index in [2.05, 4.69) is 5.32 Å². The molecular formula is C19H21Cl2NO3. The molecule has 2 aromatic rings. The van der Waals surface area contributed by atoms with Gasteiger partial charge in [-0.1, -0.05) is 35.3 Å². The molecule has 1 N–H and O–H groups in total. The Hall–Kier alpha value is -1.91. The molecule has 2 rings (SSSR count). The van der Waals surface area contributed by atoms with Gasteiger partial charge in [-0.15, -0.1) is 0 Å². The molecule has 134 valence electrons. The number of carbonyl (C=O) groups is 1. The zero-order valence-corrected chi connectivity index (χ0v) is 16.2. The number of ether oxygens (including phenoxy) is 2. The van der Waals surface area contributed by atoms with E-state index < -0.39 is 6.04 Å². The van der Waals surface area contributed by atoms with Gasteiger partial charge in [0.2, 0.25) is 0 Å². The van der Waals surface area contributed by atoms with Gasteiger partial charge in [0.05, 0.1) is 12.1 Å². The minimum Gasteiger partial charge on any atom is -0.487 e. The van der Waals surface area contributed by atoms with Crippen LogP contribution in [0.5, 0.6) is 5.75 Å². The number of hydrogen-bond acceptors (Lipinski definition) is 4. The van der Waals surface area contributed by atoms with Crippen molar-refractivity contribution in [2.75, 3.05) is 12.4 Å². The Labute approximate surface area is 158 Å². The van der Waals surface area contributed by atoms with Crippen LogP contribution in [0.2, 0.25) is 10.0 Å².